The van der Waals surface area contributed by atoms with E-state index in [-0.39, 0.29) is 4.90 Å². The molecular weight excluding hydrogens is 248 g/mol. The van der Waals surface area contributed by atoms with Gasteiger partial charge in [-0.2, -0.15) is 0 Å². The third kappa shape index (κ3) is 3.18. The van der Waals surface area contributed by atoms with Crippen LogP contribution in [0, 0.1) is 0 Å². The largest absolute Gasteiger partial charge is 0.330 e. The van der Waals surface area contributed by atoms with Gasteiger partial charge < -0.3 is 5.73 Å². The lowest BCUT2D eigenvalue weighted by molar-refractivity contribution is 0.463. The third-order valence-corrected chi connectivity index (χ3v) is 4.27. The molecule has 90 valence electrons. The molecule has 2 N–H and O–H groups in total. The average molecular weight is 263 g/mol. The van der Waals surface area contributed by atoms with Crippen molar-refractivity contribution in [3.63, 3.8) is 0 Å². The molecule has 0 amide bonds. The number of rotatable bonds is 5. The Hall–Kier alpha value is -0.620. The minimum atomic E-state index is -3.44. The monoisotopic (exact) mass is 262 g/mol. The molecule has 16 heavy (non-hydrogen) atoms. The van der Waals surface area contributed by atoms with E-state index in [1.165, 1.54) is 23.5 Å². The van der Waals surface area contributed by atoms with E-state index in [0.29, 0.717) is 24.5 Å². The van der Waals surface area contributed by atoms with E-state index in [2.05, 4.69) is 0 Å². The molecular formula is C10H15ClN2O2S. The number of nitrogens with zero attached hydrogens (tertiary/aromatic N) is 1. The summed E-state index contributed by atoms with van der Waals surface area (Å²) in [7, 11) is -1.91. The summed E-state index contributed by atoms with van der Waals surface area (Å²) in [4.78, 5) is 0.208. The zero-order valence-electron chi connectivity index (χ0n) is 9.06. The number of nitrogens with two attached hydrogens (primary N) is 1. The molecule has 0 bridgehead atoms. The fraction of sp³-hybridized carbons (Fsp3) is 0.400. The van der Waals surface area contributed by atoms with Gasteiger partial charge in [-0.3, -0.25) is 0 Å². The second-order valence-electron chi connectivity index (χ2n) is 3.43. The molecule has 1 rings (SSSR count). The molecule has 0 heterocycles. The van der Waals surface area contributed by atoms with Crippen molar-refractivity contribution in [1.29, 1.82) is 0 Å². The van der Waals surface area contributed by atoms with Crippen LogP contribution in [0.25, 0.3) is 0 Å². The maximum absolute atomic E-state index is 12.0. The molecule has 4 nitrogen and oxygen atoms in total. The Bertz CT molecular complexity index is 448. The Morgan fingerprint density at radius 2 is 2.12 bits per heavy atom. The Morgan fingerprint density at radius 1 is 1.44 bits per heavy atom. The van der Waals surface area contributed by atoms with Crippen LogP contribution in [0.4, 0.5) is 0 Å². The van der Waals surface area contributed by atoms with Gasteiger partial charge in [0, 0.05) is 18.6 Å². The SMILES string of the molecule is CN(CCCN)S(=O)(=O)c1cccc(Cl)c1. The minimum absolute atomic E-state index is 0.208. The highest BCUT2D eigenvalue weighted by atomic mass is 35.5. The molecule has 0 unspecified atom stereocenters. The molecule has 1 aromatic rings. The molecule has 0 aliphatic carbocycles. The van der Waals surface area contributed by atoms with Gasteiger partial charge in [-0.25, -0.2) is 12.7 Å². The molecule has 0 spiro atoms. The van der Waals surface area contributed by atoms with Crippen molar-refractivity contribution < 1.29 is 8.42 Å². The molecule has 0 aliphatic rings. The molecule has 0 radical (unpaired) electrons. The van der Waals surface area contributed by atoms with E-state index in [4.69, 9.17) is 17.3 Å². The number of benzene rings is 1. The molecule has 0 saturated carbocycles. The van der Waals surface area contributed by atoms with Crippen molar-refractivity contribution in [2.24, 2.45) is 5.73 Å². The molecule has 1 aromatic carbocycles. The number of sulfonamides is 1. The third-order valence-electron chi connectivity index (χ3n) is 2.18. The van der Waals surface area contributed by atoms with E-state index in [1.807, 2.05) is 0 Å². The first-order valence-electron chi connectivity index (χ1n) is 4.90. The van der Waals surface area contributed by atoms with Gasteiger partial charge in [-0.1, -0.05) is 17.7 Å². The van der Waals surface area contributed by atoms with E-state index in [0.717, 1.165) is 0 Å². The zero-order chi connectivity index (χ0) is 12.2. The Kier molecular flexibility index (Phi) is 4.73. The van der Waals surface area contributed by atoms with Gasteiger partial charge in [-0.05, 0) is 31.2 Å². The molecule has 0 fully saturated rings. The molecule has 6 heteroatoms. The fourth-order valence-electron chi connectivity index (χ4n) is 1.24. The summed E-state index contributed by atoms with van der Waals surface area (Å²) < 4.78 is 25.3. The normalized spacial score (nSPS) is 12.0. The Morgan fingerprint density at radius 3 is 2.69 bits per heavy atom. The Balaban J connectivity index is 2.93. The summed E-state index contributed by atoms with van der Waals surface area (Å²) in [5, 5.41) is 0.410. The van der Waals surface area contributed by atoms with Crippen LogP contribution in [0.2, 0.25) is 5.02 Å². The maximum Gasteiger partial charge on any atom is 0.242 e. The highest BCUT2D eigenvalue weighted by Gasteiger charge is 2.19. The van der Waals surface area contributed by atoms with E-state index in [1.54, 1.807) is 12.1 Å². The van der Waals surface area contributed by atoms with Gasteiger partial charge in [-0.15, -0.1) is 0 Å². The summed E-state index contributed by atoms with van der Waals surface area (Å²) >= 11 is 5.76. The second kappa shape index (κ2) is 5.63. The lowest BCUT2D eigenvalue weighted by Gasteiger charge is -2.16. The smallest absolute Gasteiger partial charge is 0.242 e. The zero-order valence-corrected chi connectivity index (χ0v) is 10.6. The van der Waals surface area contributed by atoms with Gasteiger partial charge in [0.15, 0.2) is 0 Å². The van der Waals surface area contributed by atoms with Crippen molar-refractivity contribution in [3.8, 4) is 0 Å². The van der Waals surface area contributed by atoms with Crippen molar-refractivity contribution >= 4 is 21.6 Å². The first-order valence-corrected chi connectivity index (χ1v) is 6.72. The van der Waals surface area contributed by atoms with Gasteiger partial charge in [0.1, 0.15) is 0 Å². The fourth-order valence-corrected chi connectivity index (χ4v) is 2.75. The first-order chi connectivity index (χ1) is 7.48. The lowest BCUT2D eigenvalue weighted by Crippen LogP contribution is -2.29. The van der Waals surface area contributed by atoms with Crippen LogP contribution >= 0.6 is 11.6 Å². The van der Waals surface area contributed by atoms with Gasteiger partial charge in [0.25, 0.3) is 0 Å². The van der Waals surface area contributed by atoms with Gasteiger partial charge in [0.2, 0.25) is 10.0 Å². The van der Waals surface area contributed by atoms with Crippen LogP contribution in [-0.4, -0.2) is 32.9 Å². The van der Waals surface area contributed by atoms with Crippen molar-refractivity contribution in [2.75, 3.05) is 20.1 Å². The predicted molar refractivity (Wildman–Crippen MR) is 64.9 cm³/mol. The quantitative estimate of drug-likeness (QED) is 0.870. The van der Waals surface area contributed by atoms with Crippen LogP contribution in [0.5, 0.6) is 0 Å². The Labute approximate surface area is 101 Å². The first kappa shape index (κ1) is 13.4. The van der Waals surface area contributed by atoms with E-state index in [9.17, 15) is 8.42 Å². The summed E-state index contributed by atoms with van der Waals surface area (Å²) in [5.41, 5.74) is 5.34. The van der Waals surface area contributed by atoms with E-state index < -0.39 is 10.0 Å². The van der Waals surface area contributed by atoms with Crippen LogP contribution < -0.4 is 5.73 Å². The lowest BCUT2D eigenvalue weighted by atomic mass is 10.4. The molecule has 0 saturated heterocycles. The second-order valence-corrected chi connectivity index (χ2v) is 5.91. The number of hydrogen-bond donors (Lipinski definition) is 1. The van der Waals surface area contributed by atoms with Crippen LogP contribution in [0.15, 0.2) is 29.2 Å². The van der Waals surface area contributed by atoms with Crippen molar-refractivity contribution in [3.05, 3.63) is 29.3 Å². The summed E-state index contributed by atoms with van der Waals surface area (Å²) in [6.07, 6.45) is 0.635. The van der Waals surface area contributed by atoms with Gasteiger partial charge in [0.05, 0.1) is 4.90 Å². The van der Waals surface area contributed by atoms with Crippen LogP contribution in [0.1, 0.15) is 6.42 Å². The summed E-state index contributed by atoms with van der Waals surface area (Å²) in [6, 6.07) is 6.22. The van der Waals surface area contributed by atoms with Crippen molar-refractivity contribution in [2.45, 2.75) is 11.3 Å². The topological polar surface area (TPSA) is 63.4 Å². The highest BCUT2D eigenvalue weighted by Crippen LogP contribution is 2.18. The summed E-state index contributed by atoms with van der Waals surface area (Å²) in [5.74, 6) is 0. The summed E-state index contributed by atoms with van der Waals surface area (Å²) in [6.45, 7) is 0.876. The van der Waals surface area contributed by atoms with Gasteiger partial charge >= 0.3 is 0 Å². The molecule has 0 aliphatic heterocycles. The molecule has 0 aromatic heterocycles. The van der Waals surface area contributed by atoms with Crippen LogP contribution in [-0.2, 0) is 10.0 Å². The molecule has 0 atom stereocenters. The van der Waals surface area contributed by atoms with Crippen molar-refractivity contribution in [1.82, 2.24) is 4.31 Å². The number of hydrogen-bond acceptors (Lipinski definition) is 3. The average Bonchev–Trinajstić information content (AvgIpc) is 2.25. The number of halogens is 1. The minimum Gasteiger partial charge on any atom is -0.330 e. The van der Waals surface area contributed by atoms with Crippen LogP contribution in [0.3, 0.4) is 0 Å². The highest BCUT2D eigenvalue weighted by molar-refractivity contribution is 7.89. The maximum atomic E-state index is 12.0. The predicted octanol–water partition coefficient (Wildman–Crippen LogP) is 1.31. The van der Waals surface area contributed by atoms with E-state index >= 15 is 0 Å². The standard InChI is InChI=1S/C10H15ClN2O2S/c1-13(7-3-6-12)16(14,15)10-5-2-4-9(11)8-10/h2,4-5,8H,3,6-7,12H2,1H3.